The monoisotopic (exact) mass is 946 g/mol. The Morgan fingerprint density at radius 2 is 1.05 bits per heavy atom. The molecule has 3 atom stereocenters. The summed E-state index contributed by atoms with van der Waals surface area (Å²) in [4.78, 5) is 80.8. The maximum atomic E-state index is 13.4. The Bertz CT molecular complexity index is 2240. The molecule has 2 aromatic heterocycles. The van der Waals surface area contributed by atoms with Crippen molar-refractivity contribution < 1.29 is 69.3 Å². The predicted molar refractivity (Wildman–Crippen MR) is 227 cm³/mol. The molecule has 2 amide bonds. The van der Waals surface area contributed by atoms with Gasteiger partial charge in [0.1, 0.15) is 26.8 Å². The van der Waals surface area contributed by atoms with E-state index in [1.54, 1.807) is 26.0 Å². The molecule has 11 nitrogen and oxygen atoms in total. The fourth-order valence-electron chi connectivity index (χ4n) is 5.48. The van der Waals surface area contributed by atoms with Gasteiger partial charge in [-0.3, -0.25) is 28.8 Å². The number of anilines is 2. The van der Waals surface area contributed by atoms with Crippen LogP contribution in [0.15, 0.2) is 60.7 Å². The first-order valence-electron chi connectivity index (χ1n) is 18.8. The van der Waals surface area contributed by atoms with E-state index in [1.807, 2.05) is 13.8 Å². The molecular weight excluding hydrogens is 907 g/mol. The Labute approximate surface area is 368 Å². The topological polar surface area (TPSA) is 154 Å². The van der Waals surface area contributed by atoms with Crippen molar-refractivity contribution in [2.24, 2.45) is 0 Å². The number of carbonyl (C=O) groups is 6. The van der Waals surface area contributed by atoms with Crippen LogP contribution in [0.25, 0.3) is 0 Å². The Morgan fingerprint density at radius 1 is 0.645 bits per heavy atom. The van der Waals surface area contributed by atoms with E-state index in [0.717, 1.165) is 80.2 Å². The number of thioether (sulfide) groups is 2. The number of ketones is 2. The van der Waals surface area contributed by atoms with Gasteiger partial charge in [0.2, 0.25) is 11.8 Å². The molecular formula is C41H40F6N2O9S4. The van der Waals surface area contributed by atoms with Crippen molar-refractivity contribution >= 4 is 91.5 Å². The Morgan fingerprint density at radius 3 is 1.42 bits per heavy atom. The van der Waals surface area contributed by atoms with Crippen molar-refractivity contribution in [3.63, 3.8) is 0 Å². The number of amides is 2. The quantitative estimate of drug-likeness (QED) is 0.0377. The molecule has 2 aromatic carbocycles. The molecule has 4 rings (SSSR count). The van der Waals surface area contributed by atoms with Crippen LogP contribution >= 0.6 is 46.2 Å². The molecule has 2 N–H and O–H groups in total. The summed E-state index contributed by atoms with van der Waals surface area (Å²) in [5.74, 6) is -5.47. The number of ether oxygens (including phenoxy) is 3. The molecule has 0 spiro atoms. The van der Waals surface area contributed by atoms with Crippen molar-refractivity contribution in [2.45, 2.75) is 88.8 Å². The maximum Gasteiger partial charge on any atom is 0.573 e. The SMILES string of the molecule is CCc1cc(C(=O)c2ccc(OC(F)(F)F)cc2)c(NC(=O)C(CC)SCC(=O)OC(=O)C(C)SC(CC)C(=O)Nc2sc(CC)cc2C(=O)c2ccc(OC(F)(F)F)cc2)s1. The lowest BCUT2D eigenvalue weighted by Gasteiger charge is -2.18. The third-order valence-electron chi connectivity index (χ3n) is 8.57. The number of hydrogen-bond acceptors (Lipinski definition) is 13. The summed E-state index contributed by atoms with van der Waals surface area (Å²) in [5, 5.41) is 3.23. The molecule has 4 aromatic rings. The van der Waals surface area contributed by atoms with Gasteiger partial charge in [-0.05, 0) is 93.3 Å². The van der Waals surface area contributed by atoms with Crippen LogP contribution in [-0.2, 0) is 36.8 Å². The summed E-state index contributed by atoms with van der Waals surface area (Å²) in [7, 11) is 0. The molecule has 0 aliphatic carbocycles. The van der Waals surface area contributed by atoms with E-state index in [-0.39, 0.29) is 45.1 Å². The Hall–Kier alpha value is -4.86. The van der Waals surface area contributed by atoms with Gasteiger partial charge >= 0.3 is 24.7 Å². The number of esters is 2. The average molecular weight is 947 g/mol. The molecule has 0 bridgehead atoms. The molecule has 334 valence electrons. The summed E-state index contributed by atoms with van der Waals surface area (Å²) in [5.41, 5.74) is 0.373. The van der Waals surface area contributed by atoms with Crippen LogP contribution in [0.5, 0.6) is 11.5 Å². The molecule has 2 heterocycles. The van der Waals surface area contributed by atoms with Gasteiger partial charge in [-0.1, -0.05) is 27.7 Å². The number of benzene rings is 2. The lowest BCUT2D eigenvalue weighted by Crippen LogP contribution is -2.30. The van der Waals surface area contributed by atoms with E-state index < -0.39 is 81.0 Å². The number of thiophene rings is 2. The number of alkyl halides is 6. The fourth-order valence-corrected chi connectivity index (χ4v) is 9.35. The van der Waals surface area contributed by atoms with Gasteiger partial charge in [-0.2, -0.15) is 0 Å². The molecule has 0 fully saturated rings. The number of nitrogens with one attached hydrogen (secondary N) is 2. The number of hydrogen-bond donors (Lipinski definition) is 2. The second kappa shape index (κ2) is 22.0. The summed E-state index contributed by atoms with van der Waals surface area (Å²) in [6.45, 7) is 8.51. The van der Waals surface area contributed by atoms with Gasteiger partial charge in [0.15, 0.2) is 11.6 Å². The van der Waals surface area contributed by atoms with Crippen molar-refractivity contribution in [2.75, 3.05) is 16.4 Å². The third kappa shape index (κ3) is 14.3. The molecule has 3 unspecified atom stereocenters. The predicted octanol–water partition coefficient (Wildman–Crippen LogP) is 10.3. The van der Waals surface area contributed by atoms with Crippen LogP contribution in [-0.4, -0.2) is 69.5 Å². The molecule has 0 aliphatic rings. The van der Waals surface area contributed by atoms with Crippen molar-refractivity contribution in [3.8, 4) is 11.5 Å². The highest BCUT2D eigenvalue weighted by atomic mass is 32.2. The van der Waals surface area contributed by atoms with E-state index >= 15 is 0 Å². The van der Waals surface area contributed by atoms with Crippen LogP contribution in [0.1, 0.15) is 89.1 Å². The molecule has 21 heteroatoms. The lowest BCUT2D eigenvalue weighted by molar-refractivity contribution is -0.275. The Balaban J connectivity index is 1.32. The lowest BCUT2D eigenvalue weighted by atomic mass is 10.0. The van der Waals surface area contributed by atoms with Crippen LogP contribution in [0.2, 0.25) is 0 Å². The highest BCUT2D eigenvalue weighted by Gasteiger charge is 2.33. The first-order chi connectivity index (χ1) is 29.1. The summed E-state index contributed by atoms with van der Waals surface area (Å²) in [6, 6.07) is 11.9. The van der Waals surface area contributed by atoms with E-state index in [9.17, 15) is 55.1 Å². The summed E-state index contributed by atoms with van der Waals surface area (Å²) < 4.78 is 88.4. The van der Waals surface area contributed by atoms with E-state index in [2.05, 4.69) is 20.1 Å². The largest absolute Gasteiger partial charge is 0.573 e. The van der Waals surface area contributed by atoms with Gasteiger partial charge in [-0.15, -0.1) is 72.5 Å². The zero-order chi connectivity index (χ0) is 45.9. The number of halogens is 6. The molecule has 0 radical (unpaired) electrons. The maximum absolute atomic E-state index is 13.4. The minimum Gasteiger partial charge on any atom is -0.406 e. The highest BCUT2D eigenvalue weighted by molar-refractivity contribution is 8.02. The van der Waals surface area contributed by atoms with Gasteiger partial charge in [0.25, 0.3) is 0 Å². The molecule has 0 saturated heterocycles. The van der Waals surface area contributed by atoms with Crippen LogP contribution in [0.4, 0.5) is 36.3 Å². The molecule has 0 saturated carbocycles. The first-order valence-corrected chi connectivity index (χ1v) is 22.5. The first kappa shape index (κ1) is 49.8. The highest BCUT2D eigenvalue weighted by Crippen LogP contribution is 2.35. The minimum absolute atomic E-state index is 0.0597. The number of rotatable bonds is 20. The summed E-state index contributed by atoms with van der Waals surface area (Å²) in [6.07, 6.45) is -8.29. The number of aryl methyl sites for hydroxylation is 2. The molecule has 62 heavy (non-hydrogen) atoms. The standard InChI is InChI=1S/C41H40F6N2O9S4/c1-6-26-18-28(33(51)22-10-14-24(15-11-22)57-40(42,43)44)37(61-26)48-35(53)30(8-3)59-20-32(50)56-39(55)21(5)60-31(9-4)36(54)49-38-29(19-27(7-2)62-38)34(52)23-12-16-25(17-13-23)58-41(45,46)47/h10-19,21,30-31H,6-9,20H2,1-5H3,(H,48,53)(H,49,54). The average Bonchev–Trinajstić information content (AvgIpc) is 3.82. The van der Waals surface area contributed by atoms with Crippen LogP contribution in [0, 0.1) is 0 Å². The smallest absolute Gasteiger partial charge is 0.406 e. The van der Waals surface area contributed by atoms with Gasteiger partial charge < -0.3 is 24.8 Å². The van der Waals surface area contributed by atoms with Gasteiger partial charge in [0.05, 0.1) is 27.4 Å². The zero-order valence-electron chi connectivity index (χ0n) is 33.6. The molecule has 0 aliphatic heterocycles. The second-order valence-electron chi connectivity index (χ2n) is 13.1. The van der Waals surface area contributed by atoms with Crippen LogP contribution < -0.4 is 20.1 Å². The van der Waals surface area contributed by atoms with E-state index in [1.165, 1.54) is 31.2 Å². The second-order valence-corrected chi connectivity index (χ2v) is 18.1. The fraction of sp³-hybridized carbons (Fsp3) is 0.366. The summed E-state index contributed by atoms with van der Waals surface area (Å²) >= 11 is 4.12. The van der Waals surface area contributed by atoms with E-state index in [4.69, 9.17) is 4.74 Å². The van der Waals surface area contributed by atoms with Crippen molar-refractivity contribution in [1.82, 2.24) is 0 Å². The minimum atomic E-state index is -4.91. The van der Waals surface area contributed by atoms with Crippen LogP contribution in [0.3, 0.4) is 0 Å². The van der Waals surface area contributed by atoms with Crippen molar-refractivity contribution in [3.05, 3.63) is 92.7 Å². The third-order valence-corrected chi connectivity index (χ3v) is 13.8. The van der Waals surface area contributed by atoms with Crippen molar-refractivity contribution in [1.29, 1.82) is 0 Å². The Kier molecular flexibility index (Phi) is 17.6. The van der Waals surface area contributed by atoms with E-state index in [0.29, 0.717) is 12.8 Å². The normalized spacial score (nSPS) is 13.1. The number of carbonyl (C=O) groups excluding carboxylic acids is 6. The van der Waals surface area contributed by atoms with Gasteiger partial charge in [0, 0.05) is 20.9 Å². The van der Waals surface area contributed by atoms with Gasteiger partial charge in [-0.25, -0.2) is 0 Å². The zero-order valence-corrected chi connectivity index (χ0v) is 36.9.